The number of nitrogens with two attached hydrogens (primary N) is 1. The maximum Gasteiger partial charge on any atom is 0.227 e. The quantitative estimate of drug-likeness (QED) is 0.560. The van der Waals surface area contributed by atoms with Gasteiger partial charge in [-0.3, -0.25) is 4.79 Å². The molecule has 4 nitrogen and oxygen atoms in total. The molecular formula is C9H18N2O2. The van der Waals surface area contributed by atoms with Crippen LogP contribution in [0.1, 0.15) is 26.7 Å². The van der Waals surface area contributed by atoms with Crippen LogP contribution in [-0.2, 0) is 4.79 Å². The van der Waals surface area contributed by atoms with Gasteiger partial charge in [-0.25, -0.2) is 0 Å². The summed E-state index contributed by atoms with van der Waals surface area (Å²) in [5.41, 5.74) is 4.32. The minimum atomic E-state index is -0.847. The summed E-state index contributed by atoms with van der Waals surface area (Å²) in [6, 6.07) is 0. The lowest BCUT2D eigenvalue weighted by atomic mass is 10.1. The first-order valence-electron chi connectivity index (χ1n) is 4.60. The summed E-state index contributed by atoms with van der Waals surface area (Å²) in [7, 11) is 0. The van der Waals surface area contributed by atoms with Crippen molar-refractivity contribution in [3.63, 3.8) is 0 Å². The Balaban J connectivity index is 2.34. The molecule has 4 heteroatoms. The maximum absolute atomic E-state index is 11.5. The predicted molar refractivity (Wildman–Crippen MR) is 50.0 cm³/mol. The molecule has 13 heavy (non-hydrogen) atoms. The normalized spacial score (nSPS) is 19.7. The first-order valence-corrected chi connectivity index (χ1v) is 4.60. The molecule has 0 aromatic carbocycles. The van der Waals surface area contributed by atoms with E-state index in [9.17, 15) is 9.90 Å². The second-order valence-electron chi connectivity index (χ2n) is 4.48. The number of amides is 1. The van der Waals surface area contributed by atoms with Gasteiger partial charge in [-0.2, -0.15) is 0 Å². The fraction of sp³-hybridized carbons (Fsp3) is 0.889. The van der Waals surface area contributed by atoms with Gasteiger partial charge in [0.1, 0.15) is 0 Å². The summed E-state index contributed by atoms with van der Waals surface area (Å²) in [6.45, 7) is 4.02. The molecule has 1 amide bonds. The molecule has 0 unspecified atom stereocenters. The molecule has 4 N–H and O–H groups in total. The van der Waals surface area contributed by atoms with Crippen LogP contribution in [0.15, 0.2) is 0 Å². The van der Waals surface area contributed by atoms with E-state index in [1.54, 1.807) is 13.8 Å². The minimum Gasteiger partial charge on any atom is -0.389 e. The summed E-state index contributed by atoms with van der Waals surface area (Å²) in [5.74, 6) is -0.0166. The van der Waals surface area contributed by atoms with E-state index in [1.807, 2.05) is 0 Å². The monoisotopic (exact) mass is 186 g/mol. The van der Waals surface area contributed by atoms with Gasteiger partial charge in [0.2, 0.25) is 5.91 Å². The molecule has 1 fully saturated rings. The van der Waals surface area contributed by atoms with Crippen molar-refractivity contribution >= 4 is 5.91 Å². The maximum atomic E-state index is 11.5. The van der Waals surface area contributed by atoms with E-state index >= 15 is 0 Å². The summed E-state index contributed by atoms with van der Waals surface area (Å²) in [4.78, 5) is 11.5. The summed E-state index contributed by atoms with van der Waals surface area (Å²) in [5, 5.41) is 12.1. The first kappa shape index (κ1) is 10.5. The van der Waals surface area contributed by atoms with Crippen LogP contribution in [0.3, 0.4) is 0 Å². The average molecular weight is 186 g/mol. The fourth-order valence-corrected chi connectivity index (χ4v) is 1.16. The van der Waals surface area contributed by atoms with Gasteiger partial charge < -0.3 is 16.2 Å². The molecule has 76 valence electrons. The second-order valence-corrected chi connectivity index (χ2v) is 4.48. The van der Waals surface area contributed by atoms with Crippen LogP contribution in [0, 0.1) is 5.41 Å². The Morgan fingerprint density at radius 3 is 2.46 bits per heavy atom. The van der Waals surface area contributed by atoms with Crippen molar-refractivity contribution in [1.82, 2.24) is 5.32 Å². The Morgan fingerprint density at radius 2 is 2.15 bits per heavy atom. The van der Waals surface area contributed by atoms with Crippen LogP contribution in [0.5, 0.6) is 0 Å². The number of rotatable bonds is 4. The highest BCUT2D eigenvalue weighted by atomic mass is 16.3. The van der Waals surface area contributed by atoms with E-state index in [0.29, 0.717) is 6.54 Å². The van der Waals surface area contributed by atoms with Crippen molar-refractivity contribution in [2.24, 2.45) is 11.1 Å². The molecule has 0 aliphatic heterocycles. The summed E-state index contributed by atoms with van der Waals surface area (Å²) in [6.07, 6.45) is 1.75. The number of carbonyl (C=O) groups excluding carboxylic acids is 1. The van der Waals surface area contributed by atoms with Crippen LogP contribution >= 0.6 is 0 Å². The standard InChI is InChI=1S/C9H18N2O2/c1-8(2,13)6-11-7(12)9(5-10)3-4-9/h13H,3-6,10H2,1-2H3,(H,11,12). The van der Waals surface area contributed by atoms with Crippen LogP contribution in [-0.4, -0.2) is 29.7 Å². The van der Waals surface area contributed by atoms with E-state index in [-0.39, 0.29) is 17.9 Å². The predicted octanol–water partition coefficient (Wildman–Crippen LogP) is -0.388. The zero-order chi connectivity index (χ0) is 10.1. The van der Waals surface area contributed by atoms with E-state index in [0.717, 1.165) is 12.8 Å². The molecule has 0 aromatic rings. The minimum absolute atomic E-state index is 0.0166. The molecule has 1 aliphatic rings. The van der Waals surface area contributed by atoms with E-state index in [4.69, 9.17) is 5.73 Å². The van der Waals surface area contributed by atoms with Gasteiger partial charge in [0.15, 0.2) is 0 Å². The third-order valence-corrected chi connectivity index (χ3v) is 2.41. The molecule has 0 spiro atoms. The first-order chi connectivity index (χ1) is 5.90. The summed E-state index contributed by atoms with van der Waals surface area (Å²) < 4.78 is 0. The van der Waals surface area contributed by atoms with E-state index in [2.05, 4.69) is 5.32 Å². The number of hydrogen-bond acceptors (Lipinski definition) is 3. The second kappa shape index (κ2) is 3.27. The van der Waals surface area contributed by atoms with Gasteiger partial charge in [-0.15, -0.1) is 0 Å². The van der Waals surface area contributed by atoms with Gasteiger partial charge >= 0.3 is 0 Å². The van der Waals surface area contributed by atoms with Gasteiger partial charge in [-0.05, 0) is 26.7 Å². The van der Waals surface area contributed by atoms with Crippen molar-refractivity contribution in [2.75, 3.05) is 13.1 Å². The molecule has 0 bridgehead atoms. The lowest BCUT2D eigenvalue weighted by molar-refractivity contribution is -0.127. The molecule has 0 aromatic heterocycles. The molecule has 0 saturated heterocycles. The smallest absolute Gasteiger partial charge is 0.227 e. The van der Waals surface area contributed by atoms with Crippen LogP contribution < -0.4 is 11.1 Å². The van der Waals surface area contributed by atoms with Crippen molar-refractivity contribution in [3.8, 4) is 0 Å². The SMILES string of the molecule is CC(C)(O)CNC(=O)C1(CN)CC1. The zero-order valence-corrected chi connectivity index (χ0v) is 8.26. The zero-order valence-electron chi connectivity index (χ0n) is 8.26. The third kappa shape index (κ3) is 2.67. The largest absolute Gasteiger partial charge is 0.389 e. The molecule has 0 heterocycles. The summed E-state index contributed by atoms with van der Waals surface area (Å²) >= 11 is 0. The molecular weight excluding hydrogens is 168 g/mol. The highest BCUT2D eigenvalue weighted by Crippen LogP contribution is 2.44. The van der Waals surface area contributed by atoms with Crippen molar-refractivity contribution in [2.45, 2.75) is 32.3 Å². The Hall–Kier alpha value is -0.610. The van der Waals surface area contributed by atoms with Gasteiger partial charge in [0, 0.05) is 13.1 Å². The molecule has 0 radical (unpaired) electrons. The molecule has 0 atom stereocenters. The molecule has 1 rings (SSSR count). The molecule has 1 aliphatic carbocycles. The van der Waals surface area contributed by atoms with Crippen LogP contribution in [0.2, 0.25) is 0 Å². The number of aliphatic hydroxyl groups is 1. The highest BCUT2D eigenvalue weighted by molar-refractivity contribution is 5.85. The topological polar surface area (TPSA) is 75.3 Å². The van der Waals surface area contributed by atoms with E-state index in [1.165, 1.54) is 0 Å². The lowest BCUT2D eigenvalue weighted by Crippen LogP contribution is -2.43. The highest BCUT2D eigenvalue weighted by Gasteiger charge is 2.48. The Morgan fingerprint density at radius 1 is 1.62 bits per heavy atom. The number of hydrogen-bond donors (Lipinski definition) is 3. The fourth-order valence-electron chi connectivity index (χ4n) is 1.16. The lowest BCUT2D eigenvalue weighted by Gasteiger charge is -2.20. The van der Waals surface area contributed by atoms with Crippen molar-refractivity contribution in [1.29, 1.82) is 0 Å². The van der Waals surface area contributed by atoms with Crippen LogP contribution in [0.4, 0.5) is 0 Å². The Labute approximate surface area is 78.5 Å². The van der Waals surface area contributed by atoms with Gasteiger partial charge in [0.25, 0.3) is 0 Å². The Kier molecular flexibility index (Phi) is 2.63. The number of nitrogens with one attached hydrogen (secondary N) is 1. The third-order valence-electron chi connectivity index (χ3n) is 2.41. The Bertz CT molecular complexity index is 204. The van der Waals surface area contributed by atoms with Gasteiger partial charge in [-0.1, -0.05) is 0 Å². The van der Waals surface area contributed by atoms with Crippen LogP contribution in [0.25, 0.3) is 0 Å². The van der Waals surface area contributed by atoms with E-state index < -0.39 is 5.60 Å². The number of carbonyl (C=O) groups is 1. The van der Waals surface area contributed by atoms with Crippen molar-refractivity contribution in [3.05, 3.63) is 0 Å². The van der Waals surface area contributed by atoms with Gasteiger partial charge in [0.05, 0.1) is 11.0 Å². The average Bonchev–Trinajstić information content (AvgIpc) is 2.79. The molecule has 1 saturated carbocycles. The van der Waals surface area contributed by atoms with Crippen molar-refractivity contribution < 1.29 is 9.90 Å².